The normalized spacial score (nSPS) is 11.1. The number of hydrogen-bond donors (Lipinski definition) is 4. The van der Waals surface area contributed by atoms with Gasteiger partial charge < -0.3 is 25.1 Å². The SMILES string of the molecule is O=CNC(Cc1cc2ccc(=O)oc2cc1O)(C(=O)O)C(=O)O. The summed E-state index contributed by atoms with van der Waals surface area (Å²) in [6, 6.07) is 4.84. The molecule has 1 aromatic carbocycles. The van der Waals surface area contributed by atoms with Crippen molar-refractivity contribution in [2.45, 2.75) is 12.0 Å². The first-order chi connectivity index (χ1) is 10.8. The van der Waals surface area contributed by atoms with Crippen LogP contribution in [0.5, 0.6) is 5.75 Å². The zero-order valence-electron chi connectivity index (χ0n) is 11.5. The molecule has 1 amide bonds. The molecule has 0 saturated heterocycles. The lowest BCUT2D eigenvalue weighted by atomic mass is 9.90. The van der Waals surface area contributed by atoms with Crippen molar-refractivity contribution >= 4 is 29.3 Å². The molecule has 0 bridgehead atoms. The van der Waals surface area contributed by atoms with Crippen molar-refractivity contribution in [1.82, 2.24) is 5.32 Å². The van der Waals surface area contributed by atoms with Gasteiger partial charge in [-0.05, 0) is 17.7 Å². The monoisotopic (exact) mass is 321 g/mol. The molecule has 0 fully saturated rings. The molecule has 0 unspecified atom stereocenters. The zero-order chi connectivity index (χ0) is 17.2. The van der Waals surface area contributed by atoms with Crippen LogP contribution in [0, 0.1) is 0 Å². The summed E-state index contributed by atoms with van der Waals surface area (Å²) in [5, 5.41) is 30.4. The second-order valence-corrected chi connectivity index (χ2v) is 4.73. The summed E-state index contributed by atoms with van der Waals surface area (Å²) in [5.41, 5.74) is -3.27. The van der Waals surface area contributed by atoms with E-state index in [1.807, 2.05) is 0 Å². The highest BCUT2D eigenvalue weighted by atomic mass is 16.4. The topological polar surface area (TPSA) is 154 Å². The van der Waals surface area contributed by atoms with Gasteiger partial charge in [-0.15, -0.1) is 0 Å². The molecule has 1 aromatic heterocycles. The first kappa shape index (κ1) is 16.0. The molecule has 0 aliphatic heterocycles. The van der Waals surface area contributed by atoms with Gasteiger partial charge in [-0.25, -0.2) is 14.4 Å². The summed E-state index contributed by atoms with van der Waals surface area (Å²) >= 11 is 0. The van der Waals surface area contributed by atoms with E-state index in [1.165, 1.54) is 12.1 Å². The second kappa shape index (κ2) is 5.79. The minimum atomic E-state index is -2.64. The van der Waals surface area contributed by atoms with Crippen molar-refractivity contribution in [1.29, 1.82) is 0 Å². The maximum absolute atomic E-state index is 11.3. The Labute approximate surface area is 127 Å². The van der Waals surface area contributed by atoms with Crippen molar-refractivity contribution in [2.75, 3.05) is 0 Å². The Bertz CT molecular complexity index is 839. The molecule has 0 radical (unpaired) electrons. The molecule has 120 valence electrons. The highest BCUT2D eigenvalue weighted by Gasteiger charge is 2.47. The van der Waals surface area contributed by atoms with Crippen LogP contribution in [0.4, 0.5) is 0 Å². The molecular formula is C14H11NO8. The molecule has 1 heterocycles. The Morgan fingerprint density at radius 2 is 1.87 bits per heavy atom. The van der Waals surface area contributed by atoms with Gasteiger partial charge in [0.2, 0.25) is 11.9 Å². The number of carboxylic acids is 2. The Morgan fingerprint density at radius 3 is 2.43 bits per heavy atom. The number of fused-ring (bicyclic) bond motifs is 1. The molecule has 0 aliphatic carbocycles. The van der Waals surface area contributed by atoms with Gasteiger partial charge in [0.25, 0.3) is 0 Å². The summed E-state index contributed by atoms with van der Waals surface area (Å²) in [6.45, 7) is 0. The number of carbonyl (C=O) groups is 3. The number of phenolic OH excluding ortho intramolecular Hbond substituents is 1. The predicted octanol–water partition coefficient (Wildman–Crippen LogP) is -0.305. The summed E-state index contributed by atoms with van der Waals surface area (Å²) in [5.74, 6) is -4.06. The lowest BCUT2D eigenvalue weighted by molar-refractivity contribution is -0.160. The van der Waals surface area contributed by atoms with Crippen LogP contribution >= 0.6 is 0 Å². The Hall–Kier alpha value is -3.36. The summed E-state index contributed by atoms with van der Waals surface area (Å²) in [7, 11) is 0. The van der Waals surface area contributed by atoms with Gasteiger partial charge in [-0.2, -0.15) is 0 Å². The standard InChI is InChI=1S/C14H11NO8/c16-6-15-14(12(19)20,13(21)22)5-8-3-7-1-2-11(18)23-10(7)4-9(8)17/h1-4,6,17H,5H2,(H,15,16)(H,19,20)(H,21,22). The van der Waals surface area contributed by atoms with Gasteiger partial charge in [0.15, 0.2) is 0 Å². The van der Waals surface area contributed by atoms with Crippen LogP contribution in [-0.2, 0) is 20.8 Å². The number of aromatic hydroxyl groups is 1. The van der Waals surface area contributed by atoms with Crippen LogP contribution in [0.2, 0.25) is 0 Å². The molecular weight excluding hydrogens is 310 g/mol. The van der Waals surface area contributed by atoms with E-state index < -0.39 is 35.3 Å². The van der Waals surface area contributed by atoms with Crippen LogP contribution in [0.3, 0.4) is 0 Å². The average molecular weight is 321 g/mol. The lowest BCUT2D eigenvalue weighted by Crippen LogP contribution is -2.59. The molecule has 4 N–H and O–H groups in total. The van der Waals surface area contributed by atoms with Gasteiger partial charge in [-0.3, -0.25) is 4.79 Å². The number of aliphatic carboxylic acids is 2. The van der Waals surface area contributed by atoms with E-state index in [2.05, 4.69) is 0 Å². The molecule has 0 saturated carbocycles. The number of hydrogen-bond acceptors (Lipinski definition) is 6. The van der Waals surface area contributed by atoms with E-state index in [0.29, 0.717) is 5.39 Å². The van der Waals surface area contributed by atoms with Gasteiger partial charge in [-0.1, -0.05) is 0 Å². The molecule has 0 spiro atoms. The van der Waals surface area contributed by atoms with E-state index in [-0.39, 0.29) is 17.6 Å². The fourth-order valence-corrected chi connectivity index (χ4v) is 2.10. The number of rotatable bonds is 6. The lowest BCUT2D eigenvalue weighted by Gasteiger charge is -2.24. The third-order valence-electron chi connectivity index (χ3n) is 3.31. The van der Waals surface area contributed by atoms with E-state index in [4.69, 9.17) is 4.42 Å². The largest absolute Gasteiger partial charge is 0.508 e. The highest BCUT2D eigenvalue weighted by Crippen LogP contribution is 2.28. The molecule has 0 aliphatic rings. The fraction of sp³-hybridized carbons (Fsp3) is 0.143. The number of carboxylic acid groups (broad SMARTS) is 2. The first-order valence-corrected chi connectivity index (χ1v) is 6.24. The van der Waals surface area contributed by atoms with Crippen molar-refractivity contribution < 1.29 is 34.1 Å². The maximum Gasteiger partial charge on any atom is 0.341 e. The average Bonchev–Trinajstić information content (AvgIpc) is 2.47. The van der Waals surface area contributed by atoms with E-state index in [9.17, 15) is 34.5 Å². The van der Waals surface area contributed by atoms with Crippen LogP contribution in [0.25, 0.3) is 11.0 Å². The zero-order valence-corrected chi connectivity index (χ0v) is 11.5. The second-order valence-electron chi connectivity index (χ2n) is 4.73. The number of benzene rings is 1. The molecule has 9 nitrogen and oxygen atoms in total. The van der Waals surface area contributed by atoms with E-state index >= 15 is 0 Å². The number of phenols is 1. The maximum atomic E-state index is 11.3. The third kappa shape index (κ3) is 2.84. The summed E-state index contributed by atoms with van der Waals surface area (Å²) in [6.07, 6.45) is -0.753. The molecule has 23 heavy (non-hydrogen) atoms. The molecule has 0 atom stereocenters. The molecule has 2 rings (SSSR count). The smallest absolute Gasteiger partial charge is 0.341 e. The molecule has 9 heteroatoms. The highest BCUT2D eigenvalue weighted by molar-refractivity contribution is 6.05. The fourth-order valence-electron chi connectivity index (χ4n) is 2.10. The van der Waals surface area contributed by atoms with Crippen molar-refractivity contribution in [3.8, 4) is 5.75 Å². The Balaban J connectivity index is 2.58. The number of nitrogens with one attached hydrogen (secondary N) is 1. The number of amides is 1. The minimum absolute atomic E-state index is 0.0423. The summed E-state index contributed by atoms with van der Waals surface area (Å²) in [4.78, 5) is 44.4. The third-order valence-corrected chi connectivity index (χ3v) is 3.31. The quantitative estimate of drug-likeness (QED) is 0.321. The Kier molecular flexibility index (Phi) is 4.04. The van der Waals surface area contributed by atoms with Gasteiger partial charge in [0.05, 0.1) is 0 Å². The number of carbonyl (C=O) groups excluding carboxylic acids is 1. The minimum Gasteiger partial charge on any atom is -0.508 e. The van der Waals surface area contributed by atoms with Gasteiger partial charge in [0.1, 0.15) is 11.3 Å². The van der Waals surface area contributed by atoms with E-state index in [1.54, 1.807) is 5.32 Å². The van der Waals surface area contributed by atoms with Crippen LogP contribution in [0.1, 0.15) is 5.56 Å². The van der Waals surface area contributed by atoms with E-state index in [0.717, 1.165) is 12.1 Å². The van der Waals surface area contributed by atoms with Crippen LogP contribution in [-0.4, -0.2) is 39.2 Å². The van der Waals surface area contributed by atoms with Crippen molar-refractivity contribution in [2.24, 2.45) is 0 Å². The van der Waals surface area contributed by atoms with Crippen molar-refractivity contribution in [3.05, 3.63) is 40.2 Å². The molecule has 2 aromatic rings. The van der Waals surface area contributed by atoms with Crippen LogP contribution < -0.4 is 10.9 Å². The van der Waals surface area contributed by atoms with Crippen molar-refractivity contribution in [3.63, 3.8) is 0 Å². The van der Waals surface area contributed by atoms with Gasteiger partial charge in [0, 0.05) is 23.9 Å². The Morgan fingerprint density at radius 1 is 1.22 bits per heavy atom. The van der Waals surface area contributed by atoms with Gasteiger partial charge >= 0.3 is 17.6 Å². The predicted molar refractivity (Wildman–Crippen MR) is 75.1 cm³/mol. The van der Waals surface area contributed by atoms with Crippen LogP contribution in [0.15, 0.2) is 33.5 Å². The summed E-state index contributed by atoms with van der Waals surface area (Å²) < 4.78 is 4.85. The first-order valence-electron chi connectivity index (χ1n) is 6.24.